The Morgan fingerprint density at radius 3 is 2.47 bits per heavy atom. The third kappa shape index (κ3) is 7.22. The molecule has 0 atom stereocenters. The highest BCUT2D eigenvalue weighted by Crippen LogP contribution is 2.38. The topological polar surface area (TPSA) is 102 Å². The number of hydrogen-bond donors (Lipinski definition) is 3. The van der Waals surface area contributed by atoms with Gasteiger partial charge in [0.05, 0.1) is 35.4 Å². The average Bonchev–Trinajstić information content (AvgIpc) is 3.61. The summed E-state index contributed by atoms with van der Waals surface area (Å²) in [4.78, 5) is 2.52. The SMILES string of the molecule is COc1cc(S(N)(=O)=O)ccc1NCC#Cc1cc2c(NC3CCC(C)(N4CCCC4)CC3)cccc2n1CC(F)(F)F. The lowest BCUT2D eigenvalue weighted by Crippen LogP contribution is -2.48. The van der Waals surface area contributed by atoms with Crippen molar-refractivity contribution in [3.8, 4) is 17.6 Å². The van der Waals surface area contributed by atoms with E-state index in [0.717, 1.165) is 31.4 Å². The van der Waals surface area contributed by atoms with E-state index in [0.29, 0.717) is 16.6 Å². The van der Waals surface area contributed by atoms with E-state index in [-0.39, 0.29) is 34.5 Å². The number of benzene rings is 2. The largest absolute Gasteiger partial charge is 0.495 e. The number of alkyl halides is 3. The minimum absolute atomic E-state index is 0.0849. The Labute approximate surface area is 250 Å². The zero-order valence-corrected chi connectivity index (χ0v) is 25.2. The van der Waals surface area contributed by atoms with Crippen LogP contribution in [-0.2, 0) is 16.6 Å². The molecule has 0 amide bonds. The van der Waals surface area contributed by atoms with Gasteiger partial charge in [0.1, 0.15) is 12.3 Å². The standard InChI is InChI=1S/C31H38F3N5O3S/c1-30(38-17-3-4-18-38)14-12-22(13-15-30)37-26-8-5-9-28-25(26)19-23(39(28)21-31(32,33)34)7-6-16-36-27-11-10-24(43(35,40)41)20-29(27)42-2/h5,8-11,19-20,22,36-37H,3-4,12-18,21H2,1-2H3,(H2,35,40,41). The van der Waals surface area contributed by atoms with Gasteiger partial charge in [-0.25, -0.2) is 13.6 Å². The number of ether oxygens (including phenoxy) is 1. The normalized spacial score (nSPS) is 21.4. The molecule has 0 radical (unpaired) electrons. The number of aromatic nitrogens is 1. The number of primary sulfonamides is 1. The van der Waals surface area contributed by atoms with Crippen LogP contribution in [0.1, 0.15) is 51.1 Å². The molecule has 2 fully saturated rings. The molecule has 2 heterocycles. The molecule has 8 nitrogen and oxygen atoms in total. The van der Waals surface area contributed by atoms with Crippen LogP contribution in [0, 0.1) is 11.8 Å². The van der Waals surface area contributed by atoms with Gasteiger partial charge in [0, 0.05) is 28.7 Å². The third-order valence-corrected chi connectivity index (χ3v) is 9.57. The van der Waals surface area contributed by atoms with E-state index < -0.39 is 22.7 Å². The molecule has 1 saturated carbocycles. The summed E-state index contributed by atoms with van der Waals surface area (Å²) < 4.78 is 70.7. The summed E-state index contributed by atoms with van der Waals surface area (Å²) in [6.07, 6.45) is 2.30. The maximum atomic E-state index is 13.6. The molecule has 43 heavy (non-hydrogen) atoms. The maximum Gasteiger partial charge on any atom is 0.406 e. The predicted octanol–water partition coefficient (Wildman–Crippen LogP) is 5.53. The number of anilines is 2. The predicted molar refractivity (Wildman–Crippen MR) is 163 cm³/mol. The summed E-state index contributed by atoms with van der Waals surface area (Å²) in [5.74, 6) is 6.05. The van der Waals surface area contributed by atoms with E-state index in [1.165, 1.54) is 55.8 Å². The molecule has 4 N–H and O–H groups in total. The van der Waals surface area contributed by atoms with Crippen LogP contribution in [0.4, 0.5) is 24.5 Å². The lowest BCUT2D eigenvalue weighted by molar-refractivity contribution is -0.140. The molecule has 1 aliphatic heterocycles. The van der Waals surface area contributed by atoms with Gasteiger partial charge in [0.15, 0.2) is 0 Å². The zero-order valence-electron chi connectivity index (χ0n) is 24.4. The molecule has 12 heteroatoms. The highest BCUT2D eigenvalue weighted by Gasteiger charge is 2.37. The summed E-state index contributed by atoms with van der Waals surface area (Å²) in [5, 5.41) is 12.6. The minimum atomic E-state index is -4.42. The number of hydrogen-bond acceptors (Lipinski definition) is 6. The van der Waals surface area contributed by atoms with Crippen LogP contribution in [0.3, 0.4) is 0 Å². The summed E-state index contributed by atoms with van der Waals surface area (Å²) >= 11 is 0. The van der Waals surface area contributed by atoms with Gasteiger partial charge < -0.3 is 19.9 Å². The van der Waals surface area contributed by atoms with Crippen LogP contribution in [0.5, 0.6) is 5.75 Å². The van der Waals surface area contributed by atoms with Gasteiger partial charge in [-0.15, -0.1) is 0 Å². The van der Waals surface area contributed by atoms with Crippen LogP contribution >= 0.6 is 0 Å². The fraction of sp³-hybridized carbons (Fsp3) is 0.484. The van der Waals surface area contributed by atoms with Gasteiger partial charge >= 0.3 is 6.18 Å². The van der Waals surface area contributed by atoms with E-state index in [4.69, 9.17) is 9.88 Å². The van der Waals surface area contributed by atoms with Crippen molar-refractivity contribution in [3.63, 3.8) is 0 Å². The second-order valence-electron chi connectivity index (χ2n) is 11.6. The van der Waals surface area contributed by atoms with Crippen LogP contribution in [0.25, 0.3) is 10.9 Å². The Balaban J connectivity index is 1.35. The molecule has 0 spiro atoms. The van der Waals surface area contributed by atoms with Crippen molar-refractivity contribution in [2.75, 3.05) is 37.4 Å². The van der Waals surface area contributed by atoms with Crippen molar-refractivity contribution in [3.05, 3.63) is 48.2 Å². The molecule has 2 aromatic carbocycles. The minimum Gasteiger partial charge on any atom is -0.495 e. The highest BCUT2D eigenvalue weighted by atomic mass is 32.2. The zero-order chi connectivity index (χ0) is 30.8. The Bertz CT molecular complexity index is 1630. The first kappa shape index (κ1) is 31.0. The van der Waals surface area contributed by atoms with Gasteiger partial charge in [-0.1, -0.05) is 12.0 Å². The van der Waals surface area contributed by atoms with Crippen LogP contribution < -0.4 is 20.5 Å². The van der Waals surface area contributed by atoms with Crippen LogP contribution in [0.15, 0.2) is 47.4 Å². The quantitative estimate of drug-likeness (QED) is 0.288. The maximum absolute atomic E-state index is 13.6. The van der Waals surface area contributed by atoms with Gasteiger partial charge in [0.2, 0.25) is 10.0 Å². The Kier molecular flexibility index (Phi) is 8.88. The van der Waals surface area contributed by atoms with Gasteiger partial charge in [-0.2, -0.15) is 13.2 Å². The fourth-order valence-corrected chi connectivity index (χ4v) is 6.84. The van der Waals surface area contributed by atoms with E-state index in [1.807, 2.05) is 6.07 Å². The van der Waals surface area contributed by atoms with Crippen molar-refractivity contribution < 1.29 is 26.3 Å². The molecule has 1 saturated heterocycles. The Morgan fingerprint density at radius 2 is 1.81 bits per heavy atom. The Hall–Kier alpha value is -3.40. The molecule has 3 aromatic rings. The van der Waals surface area contributed by atoms with Gasteiger partial charge in [-0.3, -0.25) is 4.90 Å². The van der Waals surface area contributed by atoms with Gasteiger partial charge in [-0.05, 0) is 94.8 Å². The highest BCUT2D eigenvalue weighted by molar-refractivity contribution is 7.89. The number of fused-ring (bicyclic) bond motifs is 1. The number of nitrogens with two attached hydrogens (primary N) is 1. The third-order valence-electron chi connectivity index (χ3n) is 8.66. The summed E-state index contributed by atoms with van der Waals surface area (Å²) in [7, 11) is -2.52. The lowest BCUT2D eigenvalue weighted by atomic mass is 9.79. The molecule has 2 aliphatic rings. The van der Waals surface area contributed by atoms with Crippen molar-refractivity contribution >= 4 is 32.3 Å². The van der Waals surface area contributed by atoms with E-state index in [1.54, 1.807) is 18.2 Å². The second-order valence-corrected chi connectivity index (χ2v) is 13.2. The summed E-state index contributed by atoms with van der Waals surface area (Å²) in [6.45, 7) is 3.62. The summed E-state index contributed by atoms with van der Waals surface area (Å²) in [6, 6.07) is 11.5. The smallest absolute Gasteiger partial charge is 0.406 e. The van der Waals surface area contributed by atoms with Crippen molar-refractivity contribution in [2.24, 2.45) is 5.14 Å². The van der Waals surface area contributed by atoms with Crippen molar-refractivity contribution in [1.29, 1.82) is 0 Å². The monoisotopic (exact) mass is 617 g/mol. The number of sulfonamides is 1. The van der Waals surface area contributed by atoms with Crippen LogP contribution in [-0.4, -0.2) is 62.4 Å². The molecule has 232 valence electrons. The van der Waals surface area contributed by atoms with Crippen molar-refractivity contribution in [1.82, 2.24) is 9.47 Å². The fourth-order valence-electron chi connectivity index (χ4n) is 6.31. The molecule has 0 bridgehead atoms. The van der Waals surface area contributed by atoms with E-state index in [2.05, 4.69) is 34.3 Å². The van der Waals surface area contributed by atoms with Gasteiger partial charge in [0.25, 0.3) is 0 Å². The number of nitrogens with one attached hydrogen (secondary N) is 2. The molecule has 0 unspecified atom stereocenters. The molecule has 1 aliphatic carbocycles. The first-order valence-corrected chi connectivity index (χ1v) is 16.1. The number of methoxy groups -OCH3 is 1. The number of rotatable bonds is 8. The number of likely N-dealkylation sites (tertiary alicyclic amines) is 1. The first-order chi connectivity index (χ1) is 20.4. The van der Waals surface area contributed by atoms with Crippen LogP contribution in [0.2, 0.25) is 0 Å². The lowest BCUT2D eigenvalue weighted by Gasteiger charge is -2.44. The number of halogens is 3. The summed E-state index contributed by atoms with van der Waals surface area (Å²) in [5.41, 5.74) is 2.23. The molecular formula is C31H38F3N5O3S. The Morgan fingerprint density at radius 1 is 1.09 bits per heavy atom. The second kappa shape index (κ2) is 12.3. The molecule has 1 aromatic heterocycles. The molecular weight excluding hydrogens is 579 g/mol. The van der Waals surface area contributed by atoms with E-state index in [9.17, 15) is 21.6 Å². The van der Waals surface area contributed by atoms with E-state index >= 15 is 0 Å². The first-order valence-electron chi connectivity index (χ1n) is 14.5. The number of nitrogens with zero attached hydrogens (tertiary/aromatic N) is 2. The molecule has 5 rings (SSSR count). The average molecular weight is 618 g/mol. The van der Waals surface area contributed by atoms with Crippen molar-refractivity contribution in [2.45, 2.75) is 74.6 Å².